The number of hydrogen-bond acceptors (Lipinski definition) is 3. The van der Waals surface area contributed by atoms with E-state index < -0.39 is 6.10 Å². The number of rotatable bonds is 3. The lowest BCUT2D eigenvalue weighted by molar-refractivity contribution is -0.118. The molecule has 1 aliphatic rings. The minimum Gasteiger partial charge on any atom is -0.393 e. The minimum absolute atomic E-state index is 0.117. The highest BCUT2D eigenvalue weighted by Crippen LogP contribution is 2.00. The van der Waals surface area contributed by atoms with Gasteiger partial charge in [-0.3, -0.25) is 10.1 Å². The highest BCUT2D eigenvalue weighted by molar-refractivity contribution is 6.01. The molecule has 1 fully saturated rings. The monoisotopic (exact) mass is 172 g/mol. The number of aliphatic hydroxyl groups excluding tert-OH is 1. The van der Waals surface area contributed by atoms with Crippen molar-refractivity contribution < 1.29 is 14.7 Å². The first-order valence-corrected chi connectivity index (χ1v) is 3.86. The van der Waals surface area contributed by atoms with E-state index in [2.05, 4.69) is 5.32 Å². The second kappa shape index (κ2) is 3.53. The summed E-state index contributed by atoms with van der Waals surface area (Å²) < 4.78 is 0. The summed E-state index contributed by atoms with van der Waals surface area (Å²) in [7, 11) is 0. The van der Waals surface area contributed by atoms with E-state index >= 15 is 0 Å². The van der Waals surface area contributed by atoms with Gasteiger partial charge in [0.1, 0.15) is 6.54 Å². The Kier molecular flexibility index (Phi) is 2.65. The fourth-order valence-corrected chi connectivity index (χ4v) is 1.01. The Balaban J connectivity index is 2.33. The summed E-state index contributed by atoms with van der Waals surface area (Å²) in [6, 6.07) is -0.361. The molecule has 2 N–H and O–H groups in total. The molecule has 3 amide bonds. The first-order chi connectivity index (χ1) is 5.59. The van der Waals surface area contributed by atoms with E-state index in [0.29, 0.717) is 13.0 Å². The second-order valence-electron chi connectivity index (χ2n) is 2.91. The lowest BCUT2D eigenvalue weighted by Gasteiger charge is -2.13. The molecule has 1 aliphatic heterocycles. The second-order valence-corrected chi connectivity index (χ2v) is 2.91. The predicted octanol–water partition coefficient (Wildman–Crippen LogP) is -0.691. The molecule has 0 aromatic heterocycles. The van der Waals surface area contributed by atoms with Crippen LogP contribution in [0.2, 0.25) is 0 Å². The number of carbonyl (C=O) groups is 2. The maximum absolute atomic E-state index is 10.9. The van der Waals surface area contributed by atoms with Crippen LogP contribution >= 0.6 is 0 Å². The number of nitrogens with zero attached hydrogens (tertiary/aromatic N) is 1. The molecule has 0 aliphatic carbocycles. The van der Waals surface area contributed by atoms with Crippen LogP contribution in [0.1, 0.15) is 13.3 Å². The van der Waals surface area contributed by atoms with E-state index in [1.807, 2.05) is 0 Å². The Morgan fingerprint density at radius 2 is 2.33 bits per heavy atom. The summed E-state index contributed by atoms with van der Waals surface area (Å²) in [6.07, 6.45) is 0.0641. The zero-order chi connectivity index (χ0) is 9.14. The molecule has 0 aromatic rings. The third kappa shape index (κ3) is 2.20. The van der Waals surface area contributed by atoms with Gasteiger partial charge in [-0.2, -0.15) is 0 Å². The van der Waals surface area contributed by atoms with Gasteiger partial charge >= 0.3 is 6.03 Å². The SMILES string of the molecule is CC(O)CCN1CC(=O)NC1=O. The van der Waals surface area contributed by atoms with E-state index in [1.54, 1.807) is 6.92 Å². The first-order valence-electron chi connectivity index (χ1n) is 3.86. The summed E-state index contributed by atoms with van der Waals surface area (Å²) >= 11 is 0. The van der Waals surface area contributed by atoms with Crippen molar-refractivity contribution in [2.45, 2.75) is 19.4 Å². The Bertz CT molecular complexity index is 203. The quantitative estimate of drug-likeness (QED) is 0.553. The highest BCUT2D eigenvalue weighted by atomic mass is 16.3. The van der Waals surface area contributed by atoms with Gasteiger partial charge in [0.15, 0.2) is 0 Å². The fourth-order valence-electron chi connectivity index (χ4n) is 1.01. The molecule has 0 radical (unpaired) electrons. The number of nitrogens with one attached hydrogen (secondary N) is 1. The molecule has 1 heterocycles. The van der Waals surface area contributed by atoms with Gasteiger partial charge in [0.2, 0.25) is 5.91 Å². The maximum atomic E-state index is 10.9. The first kappa shape index (κ1) is 8.99. The molecule has 1 unspecified atom stereocenters. The van der Waals surface area contributed by atoms with Crippen LogP contribution in [0.25, 0.3) is 0 Å². The van der Waals surface area contributed by atoms with Crippen LogP contribution in [0.3, 0.4) is 0 Å². The van der Waals surface area contributed by atoms with Gasteiger partial charge in [0, 0.05) is 6.54 Å². The predicted molar refractivity (Wildman–Crippen MR) is 41.4 cm³/mol. The van der Waals surface area contributed by atoms with Crippen molar-refractivity contribution in [1.29, 1.82) is 0 Å². The molecule has 0 aromatic carbocycles. The van der Waals surface area contributed by atoms with Gasteiger partial charge < -0.3 is 10.0 Å². The van der Waals surface area contributed by atoms with Gasteiger partial charge in [-0.05, 0) is 13.3 Å². The maximum Gasteiger partial charge on any atom is 0.324 e. The third-order valence-corrected chi connectivity index (χ3v) is 1.68. The number of urea groups is 1. The molecule has 0 saturated carbocycles. The van der Waals surface area contributed by atoms with E-state index in [0.717, 1.165) is 0 Å². The lowest BCUT2D eigenvalue weighted by atomic mass is 10.3. The average Bonchev–Trinajstić information content (AvgIpc) is 2.26. The number of hydrogen-bond donors (Lipinski definition) is 2. The number of carbonyl (C=O) groups excluding carboxylic acids is 2. The summed E-state index contributed by atoms with van der Waals surface area (Å²) in [4.78, 5) is 23.0. The van der Waals surface area contributed by atoms with Gasteiger partial charge in [-0.25, -0.2) is 4.79 Å². The van der Waals surface area contributed by atoms with Gasteiger partial charge in [-0.15, -0.1) is 0 Å². The Labute approximate surface area is 70.4 Å². The number of amides is 3. The molecule has 0 bridgehead atoms. The molecule has 12 heavy (non-hydrogen) atoms. The van der Waals surface area contributed by atoms with Crippen LogP contribution in [0.5, 0.6) is 0 Å². The largest absolute Gasteiger partial charge is 0.393 e. The Morgan fingerprint density at radius 3 is 2.75 bits per heavy atom. The smallest absolute Gasteiger partial charge is 0.324 e. The van der Waals surface area contributed by atoms with Crippen LogP contribution in [0, 0.1) is 0 Å². The standard InChI is InChI=1S/C7H12N2O3/c1-5(10)2-3-9-4-6(11)8-7(9)12/h5,10H,2-4H2,1H3,(H,8,11,12). The molecule has 68 valence electrons. The van der Waals surface area contributed by atoms with E-state index in [1.165, 1.54) is 4.90 Å². The molecule has 5 heteroatoms. The van der Waals surface area contributed by atoms with Crippen LogP contribution in [0.15, 0.2) is 0 Å². The summed E-state index contributed by atoms with van der Waals surface area (Å²) in [5.41, 5.74) is 0. The third-order valence-electron chi connectivity index (χ3n) is 1.68. The van der Waals surface area contributed by atoms with Crippen LogP contribution < -0.4 is 5.32 Å². The summed E-state index contributed by atoms with van der Waals surface area (Å²) in [5.74, 6) is -0.273. The Morgan fingerprint density at radius 1 is 1.67 bits per heavy atom. The topological polar surface area (TPSA) is 69.6 Å². The zero-order valence-corrected chi connectivity index (χ0v) is 6.91. The van der Waals surface area contributed by atoms with E-state index in [4.69, 9.17) is 5.11 Å². The van der Waals surface area contributed by atoms with E-state index in [9.17, 15) is 9.59 Å². The zero-order valence-electron chi connectivity index (χ0n) is 6.91. The highest BCUT2D eigenvalue weighted by Gasteiger charge is 2.25. The summed E-state index contributed by atoms with van der Waals surface area (Å²) in [5, 5.41) is 11.1. The molecule has 1 atom stereocenters. The molecule has 1 saturated heterocycles. The van der Waals surface area contributed by atoms with Crippen LogP contribution in [0.4, 0.5) is 4.79 Å². The van der Waals surface area contributed by atoms with Crippen molar-refractivity contribution in [3.05, 3.63) is 0 Å². The Hall–Kier alpha value is -1.10. The normalized spacial score (nSPS) is 19.7. The van der Waals surface area contributed by atoms with Crippen LogP contribution in [-0.2, 0) is 4.79 Å². The molecule has 0 spiro atoms. The van der Waals surface area contributed by atoms with Crippen LogP contribution in [-0.4, -0.2) is 41.1 Å². The van der Waals surface area contributed by atoms with Crippen molar-refractivity contribution in [2.75, 3.05) is 13.1 Å². The fraction of sp³-hybridized carbons (Fsp3) is 0.714. The van der Waals surface area contributed by atoms with Crippen molar-refractivity contribution in [2.24, 2.45) is 0 Å². The van der Waals surface area contributed by atoms with Crippen molar-refractivity contribution in [3.8, 4) is 0 Å². The number of imide groups is 1. The molecular weight excluding hydrogens is 160 g/mol. The van der Waals surface area contributed by atoms with Gasteiger partial charge in [-0.1, -0.05) is 0 Å². The molecular formula is C7H12N2O3. The lowest BCUT2D eigenvalue weighted by Crippen LogP contribution is -2.30. The van der Waals surface area contributed by atoms with Crippen molar-refractivity contribution >= 4 is 11.9 Å². The number of aliphatic hydroxyl groups is 1. The molecule has 1 rings (SSSR count). The molecule has 5 nitrogen and oxygen atoms in total. The summed E-state index contributed by atoms with van der Waals surface area (Å²) in [6.45, 7) is 2.19. The minimum atomic E-state index is -0.437. The van der Waals surface area contributed by atoms with E-state index in [-0.39, 0.29) is 18.5 Å². The van der Waals surface area contributed by atoms with Gasteiger partial charge in [0.05, 0.1) is 6.10 Å². The average molecular weight is 172 g/mol. The van der Waals surface area contributed by atoms with Gasteiger partial charge in [0.25, 0.3) is 0 Å². The van der Waals surface area contributed by atoms with Crippen molar-refractivity contribution in [1.82, 2.24) is 10.2 Å². The van der Waals surface area contributed by atoms with Crippen molar-refractivity contribution in [3.63, 3.8) is 0 Å².